The van der Waals surface area contributed by atoms with Crippen LogP contribution in [-0.2, 0) is 14.3 Å². The van der Waals surface area contributed by atoms with Crippen LogP contribution in [0.4, 0.5) is 0 Å². The van der Waals surface area contributed by atoms with Crippen molar-refractivity contribution < 1.29 is 44.9 Å². The van der Waals surface area contributed by atoms with Crippen molar-refractivity contribution in [2.45, 2.75) is 82.9 Å². The van der Waals surface area contributed by atoms with Crippen molar-refractivity contribution in [3.8, 4) is 0 Å². The van der Waals surface area contributed by atoms with Gasteiger partial charge < -0.3 is 40.1 Å². The number of carboxylic acids is 1. The molecule has 2 fully saturated rings. The normalized spacial score (nSPS) is 51.7. The number of carbonyl (C=O) groups is 1. The van der Waals surface area contributed by atoms with Gasteiger partial charge in [0.1, 0.15) is 18.3 Å². The lowest BCUT2D eigenvalue weighted by Crippen LogP contribution is -2.64. The maximum absolute atomic E-state index is 11.4. The molecular formula is C26H38O9. The highest BCUT2D eigenvalue weighted by Crippen LogP contribution is 2.62. The molecule has 4 rings (SSSR count). The van der Waals surface area contributed by atoms with E-state index in [4.69, 9.17) is 9.47 Å². The van der Waals surface area contributed by atoms with E-state index in [0.29, 0.717) is 6.42 Å². The van der Waals surface area contributed by atoms with Crippen molar-refractivity contribution in [2.75, 3.05) is 6.61 Å². The lowest BCUT2D eigenvalue weighted by molar-refractivity contribution is -0.307. The molecule has 196 valence electrons. The fraction of sp³-hybridized carbons (Fsp3) is 0.731. The number of rotatable bonds is 5. The molecule has 0 amide bonds. The summed E-state index contributed by atoms with van der Waals surface area (Å²) in [6.45, 7) is 9.87. The highest BCUT2D eigenvalue weighted by molar-refractivity contribution is 5.73. The molecule has 0 radical (unpaired) electrons. The van der Waals surface area contributed by atoms with Gasteiger partial charge in [0.2, 0.25) is 0 Å². The molecule has 3 aliphatic carbocycles. The standard InChI is InChI=1S/C26H38O9/c1-5-24(2)9-8-14-13(10-24)6-7-16-25(14,3)11-15(27)21(31)26(16,4)12-34-23-19(30)17(28)18(29)20(35-23)22(32)33/h5-7,10,14-21,23,27-31H,1,8-9,11-12H2,2-4H3,(H,32,33)/t14-,15+,16+,17?,18?,19?,20?,21+,23?,24-,25+,26+/m0/s1. The maximum atomic E-state index is 11.4. The summed E-state index contributed by atoms with van der Waals surface area (Å²) in [5.41, 5.74) is -0.294. The molecule has 35 heavy (non-hydrogen) atoms. The Morgan fingerprint density at radius 1 is 1.17 bits per heavy atom. The minimum Gasteiger partial charge on any atom is -0.479 e. The zero-order valence-corrected chi connectivity index (χ0v) is 20.4. The Morgan fingerprint density at radius 2 is 1.86 bits per heavy atom. The molecule has 0 aromatic heterocycles. The Kier molecular flexibility index (Phi) is 6.85. The van der Waals surface area contributed by atoms with Gasteiger partial charge in [0.15, 0.2) is 12.4 Å². The number of aliphatic hydroxyl groups is 5. The number of fused-ring (bicyclic) bond motifs is 3. The minimum atomic E-state index is -1.82. The number of carboxylic acid groups (broad SMARTS) is 1. The van der Waals surface area contributed by atoms with Crippen molar-refractivity contribution in [3.63, 3.8) is 0 Å². The summed E-state index contributed by atoms with van der Waals surface area (Å²) in [7, 11) is 0. The summed E-state index contributed by atoms with van der Waals surface area (Å²) < 4.78 is 11.1. The number of aliphatic carboxylic acids is 1. The molecule has 0 spiro atoms. The van der Waals surface area contributed by atoms with E-state index in [9.17, 15) is 35.4 Å². The van der Waals surface area contributed by atoms with Crippen LogP contribution in [0.1, 0.15) is 40.0 Å². The lowest BCUT2D eigenvalue weighted by Gasteiger charge is -2.60. The summed E-state index contributed by atoms with van der Waals surface area (Å²) in [6.07, 6.45) is -0.203. The van der Waals surface area contributed by atoms with E-state index in [1.54, 1.807) is 6.92 Å². The average molecular weight is 495 g/mol. The van der Waals surface area contributed by atoms with Gasteiger partial charge in [-0.25, -0.2) is 4.79 Å². The molecule has 4 aliphatic rings. The number of hydrogen-bond donors (Lipinski definition) is 6. The van der Waals surface area contributed by atoms with E-state index in [1.165, 1.54) is 5.57 Å². The van der Waals surface area contributed by atoms with Crippen molar-refractivity contribution in [3.05, 3.63) is 36.5 Å². The molecule has 0 bridgehead atoms. The van der Waals surface area contributed by atoms with Crippen LogP contribution in [-0.4, -0.2) is 86.1 Å². The van der Waals surface area contributed by atoms with Crippen molar-refractivity contribution in [1.82, 2.24) is 0 Å². The Bertz CT molecular complexity index is 916. The van der Waals surface area contributed by atoms with Gasteiger partial charge in [-0.3, -0.25) is 0 Å². The first kappa shape index (κ1) is 26.5. The summed E-state index contributed by atoms with van der Waals surface area (Å²) in [5, 5.41) is 61.8. The third-order valence-electron chi connectivity index (χ3n) is 9.10. The van der Waals surface area contributed by atoms with E-state index >= 15 is 0 Å². The third-order valence-corrected chi connectivity index (χ3v) is 9.10. The SMILES string of the molecule is C=C[C@]1(C)C=C2C=C[C@@H]3[C@](C)(C[C@@H](O)[C@@H](O)[C@]3(C)COC3OC(C(=O)O)C(O)C(O)C3O)[C@H]2CC1. The van der Waals surface area contributed by atoms with Gasteiger partial charge >= 0.3 is 5.97 Å². The summed E-state index contributed by atoms with van der Waals surface area (Å²) in [4.78, 5) is 11.4. The van der Waals surface area contributed by atoms with E-state index in [1.807, 2.05) is 12.2 Å². The second-order valence-corrected chi connectivity index (χ2v) is 11.6. The summed E-state index contributed by atoms with van der Waals surface area (Å²) in [6, 6.07) is 0. The molecular weight excluding hydrogens is 456 g/mol. The topological polar surface area (TPSA) is 157 Å². The molecule has 9 nitrogen and oxygen atoms in total. The number of allylic oxidation sites excluding steroid dienone is 5. The van der Waals surface area contributed by atoms with Crippen LogP contribution in [0.5, 0.6) is 0 Å². The first-order valence-corrected chi connectivity index (χ1v) is 12.2. The van der Waals surface area contributed by atoms with Crippen molar-refractivity contribution in [1.29, 1.82) is 0 Å². The van der Waals surface area contributed by atoms with Crippen LogP contribution in [0, 0.1) is 28.1 Å². The first-order chi connectivity index (χ1) is 16.3. The zero-order chi connectivity index (χ0) is 25.9. The number of ether oxygens (including phenoxy) is 2. The van der Waals surface area contributed by atoms with E-state index < -0.39 is 54.3 Å². The van der Waals surface area contributed by atoms with Crippen LogP contribution in [0.2, 0.25) is 0 Å². The number of hydrogen-bond acceptors (Lipinski definition) is 8. The van der Waals surface area contributed by atoms with Gasteiger partial charge in [0.25, 0.3) is 0 Å². The van der Waals surface area contributed by atoms with Gasteiger partial charge in [-0.05, 0) is 42.1 Å². The fourth-order valence-corrected chi connectivity index (χ4v) is 6.91. The largest absolute Gasteiger partial charge is 0.479 e. The molecule has 1 aliphatic heterocycles. The van der Waals surface area contributed by atoms with E-state index in [0.717, 1.165) is 12.8 Å². The van der Waals surface area contributed by atoms with E-state index in [-0.39, 0.29) is 29.3 Å². The predicted octanol–water partition coefficient (Wildman–Crippen LogP) is 0.748. The summed E-state index contributed by atoms with van der Waals surface area (Å²) in [5.74, 6) is -1.53. The molecule has 12 atom stereocenters. The monoisotopic (exact) mass is 494 g/mol. The molecule has 1 saturated heterocycles. The molecule has 1 saturated carbocycles. The molecule has 5 unspecified atom stereocenters. The van der Waals surface area contributed by atoms with Gasteiger partial charge in [-0.1, -0.05) is 45.1 Å². The Labute approximate surface area is 205 Å². The molecule has 0 aromatic carbocycles. The van der Waals surface area contributed by atoms with Gasteiger partial charge in [0.05, 0.1) is 18.8 Å². The van der Waals surface area contributed by atoms with E-state index in [2.05, 4.69) is 32.6 Å². The Hall–Kier alpha value is -1.59. The van der Waals surface area contributed by atoms with Crippen LogP contribution < -0.4 is 0 Å². The minimum absolute atomic E-state index is 0.0981. The zero-order valence-electron chi connectivity index (χ0n) is 20.4. The predicted molar refractivity (Wildman–Crippen MR) is 125 cm³/mol. The quantitative estimate of drug-likeness (QED) is 0.304. The van der Waals surface area contributed by atoms with Crippen LogP contribution in [0.25, 0.3) is 0 Å². The van der Waals surface area contributed by atoms with Crippen molar-refractivity contribution >= 4 is 5.97 Å². The smallest absolute Gasteiger partial charge is 0.335 e. The van der Waals surface area contributed by atoms with Crippen LogP contribution in [0.15, 0.2) is 36.5 Å². The molecule has 6 N–H and O–H groups in total. The Morgan fingerprint density at radius 3 is 2.49 bits per heavy atom. The fourth-order valence-electron chi connectivity index (χ4n) is 6.91. The lowest BCUT2D eigenvalue weighted by atomic mass is 9.46. The first-order valence-electron chi connectivity index (χ1n) is 12.2. The van der Waals surface area contributed by atoms with Gasteiger partial charge in [-0.2, -0.15) is 0 Å². The van der Waals surface area contributed by atoms with Crippen LogP contribution >= 0.6 is 0 Å². The molecule has 0 aromatic rings. The highest BCUT2D eigenvalue weighted by atomic mass is 16.7. The Balaban J connectivity index is 1.62. The maximum Gasteiger partial charge on any atom is 0.335 e. The second kappa shape index (κ2) is 9.06. The van der Waals surface area contributed by atoms with Gasteiger partial charge in [-0.15, -0.1) is 6.58 Å². The summed E-state index contributed by atoms with van der Waals surface area (Å²) >= 11 is 0. The van der Waals surface area contributed by atoms with Gasteiger partial charge in [0, 0.05) is 10.8 Å². The highest BCUT2D eigenvalue weighted by Gasteiger charge is 2.61. The van der Waals surface area contributed by atoms with Crippen LogP contribution in [0.3, 0.4) is 0 Å². The molecule has 9 heteroatoms. The second-order valence-electron chi connectivity index (χ2n) is 11.6. The average Bonchev–Trinajstić information content (AvgIpc) is 2.80. The third kappa shape index (κ3) is 4.21. The number of aliphatic hydroxyl groups excluding tert-OH is 5. The van der Waals surface area contributed by atoms with Crippen molar-refractivity contribution in [2.24, 2.45) is 28.1 Å². The molecule has 1 heterocycles.